The van der Waals surface area contributed by atoms with Crippen LogP contribution in [-0.4, -0.2) is 84.5 Å². The van der Waals surface area contributed by atoms with E-state index >= 15 is 0 Å². The number of pyridine rings is 6. The molecule has 21 nitrogen and oxygen atoms in total. The van der Waals surface area contributed by atoms with E-state index in [0.29, 0.717) is 17.6 Å². The van der Waals surface area contributed by atoms with Crippen molar-refractivity contribution >= 4 is 97.4 Å². The van der Waals surface area contributed by atoms with Crippen molar-refractivity contribution in [3.8, 4) is 99.5 Å². The Hall–Kier alpha value is -13.8. The first-order chi connectivity index (χ1) is 66.3. The molecule has 1 atom stereocenters. The maximum absolute atomic E-state index is 10.5. The summed E-state index contributed by atoms with van der Waals surface area (Å²) in [5.74, 6) is 34.5. The van der Waals surface area contributed by atoms with Gasteiger partial charge in [0.05, 0.1) is 102 Å². The van der Waals surface area contributed by atoms with Crippen LogP contribution >= 0.6 is 68.0 Å². The molecule has 0 bridgehead atoms. The van der Waals surface area contributed by atoms with E-state index in [1.807, 2.05) is 202 Å². The van der Waals surface area contributed by atoms with Gasteiger partial charge in [0.25, 0.3) is 23.1 Å². The number of aliphatic hydroxyl groups is 1. The van der Waals surface area contributed by atoms with Crippen LogP contribution in [0.25, 0.3) is 22.4 Å². The Kier molecular flexibility index (Phi) is 52.2. The van der Waals surface area contributed by atoms with Crippen molar-refractivity contribution in [1.29, 1.82) is 5.26 Å². The lowest BCUT2D eigenvalue weighted by molar-refractivity contribution is -0.383. The van der Waals surface area contributed by atoms with Crippen LogP contribution in [0.5, 0.6) is 0 Å². The number of nitrogens with zero attached hydrogens (tertiary/aromatic N) is 8. The number of alkyl halides is 6. The van der Waals surface area contributed by atoms with Crippen LogP contribution in [0, 0.1) is 124 Å². The molecule has 0 amide bonds. The fourth-order valence-electron chi connectivity index (χ4n) is 11.9. The molecule has 9 N–H and O–H groups in total. The normalized spacial score (nSPS) is 10.6. The molecule has 15 aromatic rings. The number of aryl methyl sites for hydroxylation is 8. The summed E-state index contributed by atoms with van der Waals surface area (Å²) in [5.41, 5.74) is 19.0. The van der Waals surface area contributed by atoms with Gasteiger partial charge in [-0.15, -0.1) is 56.7 Å². The van der Waals surface area contributed by atoms with Gasteiger partial charge < -0.3 is 74.5 Å². The summed E-state index contributed by atoms with van der Waals surface area (Å²) in [5, 5.41) is 60.7. The van der Waals surface area contributed by atoms with Crippen LogP contribution in [-0.2, 0) is 29.0 Å². The number of nitrogens with one attached hydrogen (secondary N) is 8. The summed E-state index contributed by atoms with van der Waals surface area (Å²) in [4.78, 5) is 65.2. The molecule has 1 aliphatic heterocycles. The van der Waals surface area contributed by atoms with Crippen molar-refractivity contribution in [3.63, 3.8) is 0 Å². The van der Waals surface area contributed by atoms with Crippen molar-refractivity contribution in [2.45, 2.75) is 145 Å². The highest BCUT2D eigenvalue weighted by Gasteiger charge is 2.30. The van der Waals surface area contributed by atoms with Crippen molar-refractivity contribution < 1.29 is 131 Å². The number of halogens is 10. The van der Waals surface area contributed by atoms with Crippen LogP contribution in [0.2, 0.25) is 0 Å². The zero-order chi connectivity index (χ0) is 99.2. The molecule has 1 fully saturated rings. The predicted molar refractivity (Wildman–Crippen MR) is 525 cm³/mol. The number of nitriles is 1. The standard InChI is InChI=1S/C19H16N2S.C18H11N3S.C18H14N2OS.C16H19N3S.C15H15N3S.C15H17N3S.2C2HF3O2.4ClH/c1-15-21-19(14-22-15)10-9-18-11-17(12-20-13-18)8-7-16-5-3-2-4-6-16;1-13-21-17(12-22-13)7-5-14-6-8-18(20-11-14)16-4-2-3-15(9-16)10-19;1-13-20-18(12-22-13)7-4-15-8-17(10-19-9-15)16-5-2-14(11-21)3-6-16;1-4-14(5-2)19-16-9-7-13(10-17-16)6-8-15-11-20-12(3)18-15;1-12-17-14(11-19-12)6-4-13-5-7-15(16-10-13)18-8-2-3-9-18;1-4-11(2)17-15-8-6-13(9-16-15)5-7-14-10-19-12(3)18-14;2*3-2(4,5)1(6)7;;;;/h2-6,11-14H,7-8H2,1H3;2-4,6,8-9,11-12H,1H3;2-3,5-6,8-10,12,21H,11H2,1H3;7,9-11,14H,4-5H2,1-3H3,(H,17,19);5,7,10-11H,2-3,8-9H2,1H3;6,8-11H,4H2,1-3H3,(H,16,17);2*(H,6,7);4*1H/t;;;;;11-;;;;;;/m.....1....../s1. The van der Waals surface area contributed by atoms with Gasteiger partial charge >= 0.3 is 12.4 Å². The molecular formula is C105H98Cl4F6N16O5S6. The number of benzene rings is 3. The number of carbonyl (C=O) groups excluding carboxylic acids is 2. The molecule has 0 saturated carbocycles. The Morgan fingerprint density at radius 2 is 0.887 bits per heavy atom. The van der Waals surface area contributed by atoms with Gasteiger partial charge in [0.2, 0.25) is 10.7 Å². The van der Waals surface area contributed by atoms with Gasteiger partial charge in [-0.2, -0.15) is 36.6 Å². The van der Waals surface area contributed by atoms with Crippen molar-refractivity contribution in [1.82, 2.24) is 29.9 Å². The number of carbonyl (C=O) groups is 2. The number of hydrogen-bond acceptors (Lipinski definition) is 21. The molecule has 1 aliphatic rings. The number of carboxylic acid groups (broad SMARTS) is 2. The summed E-state index contributed by atoms with van der Waals surface area (Å²) >= 11 is 9.74. The Balaban J connectivity index is 0.000000291. The zero-order valence-electron chi connectivity index (χ0n) is 78.5. The molecular weight excluding hydrogens is 2010 g/mol. The Labute approximate surface area is 871 Å². The first kappa shape index (κ1) is 119. The van der Waals surface area contributed by atoms with Gasteiger partial charge in [0.1, 0.15) is 59.0 Å². The smallest absolute Gasteiger partial charge is 0.430 e. The minimum atomic E-state index is -5.19. The van der Waals surface area contributed by atoms with Gasteiger partial charge in [-0.1, -0.05) is 122 Å². The van der Waals surface area contributed by atoms with E-state index < -0.39 is 24.3 Å². The van der Waals surface area contributed by atoms with Crippen LogP contribution < -0.4 is 105 Å². The molecule has 142 heavy (non-hydrogen) atoms. The highest BCUT2D eigenvalue weighted by Crippen LogP contribution is 2.23. The van der Waals surface area contributed by atoms with Gasteiger partial charge in [-0.3, -0.25) is 20.5 Å². The summed E-state index contributed by atoms with van der Waals surface area (Å²) in [6, 6.07) is 49.3. The van der Waals surface area contributed by atoms with E-state index in [1.165, 1.54) is 29.8 Å². The van der Waals surface area contributed by atoms with Crippen LogP contribution in [0.3, 0.4) is 0 Å². The van der Waals surface area contributed by atoms with Crippen molar-refractivity contribution in [2.75, 3.05) is 28.6 Å². The zero-order valence-corrected chi connectivity index (χ0v) is 86.4. The predicted octanol–water partition coefficient (Wildman–Crippen LogP) is 4.50. The second-order valence-corrected chi connectivity index (χ2v) is 36.4. The molecule has 0 unspecified atom stereocenters. The number of aliphatic carboxylic acids is 2. The minimum absolute atomic E-state index is 0. The highest BCUT2D eigenvalue weighted by atomic mass is 35.5. The maximum atomic E-state index is 10.5. The number of aromatic amines is 6. The van der Waals surface area contributed by atoms with Gasteiger partial charge in [0.15, 0.2) is 18.6 Å². The molecule has 734 valence electrons. The minimum Gasteiger partial charge on any atom is -1.00 e. The van der Waals surface area contributed by atoms with Gasteiger partial charge in [0, 0.05) is 93.1 Å². The third kappa shape index (κ3) is 44.0. The first-order valence-corrected chi connectivity index (χ1v) is 48.5. The Morgan fingerprint density at radius 1 is 0.444 bits per heavy atom. The number of thiazole rings is 6. The summed E-state index contributed by atoms with van der Waals surface area (Å²) in [6.07, 6.45) is 12.7. The molecule has 0 aliphatic carbocycles. The average Bonchev–Trinajstić information content (AvgIpc) is 0.954. The van der Waals surface area contributed by atoms with E-state index in [9.17, 15) is 26.3 Å². The van der Waals surface area contributed by atoms with Gasteiger partial charge in [-0.25, -0.2) is 49.8 Å². The second kappa shape index (κ2) is 62.4. The lowest BCUT2D eigenvalue weighted by atomic mass is 10.0. The van der Waals surface area contributed by atoms with Crippen LogP contribution in [0.15, 0.2) is 221 Å². The van der Waals surface area contributed by atoms with Crippen molar-refractivity contribution in [2.24, 2.45) is 0 Å². The highest BCUT2D eigenvalue weighted by molar-refractivity contribution is 7.10. The van der Waals surface area contributed by atoms with Crippen molar-refractivity contribution in [3.05, 3.63) is 341 Å². The molecule has 13 heterocycles. The summed E-state index contributed by atoms with van der Waals surface area (Å²) in [7, 11) is 0. The van der Waals surface area contributed by atoms with Gasteiger partial charge in [-0.05, 0) is 199 Å². The number of aromatic nitrogens is 12. The van der Waals surface area contributed by atoms with E-state index in [4.69, 9.17) is 30.2 Å². The second-order valence-electron chi connectivity index (χ2n) is 30.0. The first-order valence-electron chi connectivity index (χ1n) is 43.2. The van der Waals surface area contributed by atoms with E-state index in [-0.39, 0.29) is 56.2 Å². The third-order valence-corrected chi connectivity index (χ3v) is 23.9. The molecule has 3 aromatic carbocycles. The Bertz CT molecular complexity index is 6880. The van der Waals surface area contributed by atoms with E-state index in [1.54, 1.807) is 80.3 Å². The van der Waals surface area contributed by atoms with Crippen LogP contribution in [0.4, 0.5) is 43.8 Å². The molecule has 16 rings (SSSR count). The third-order valence-electron chi connectivity index (χ3n) is 19.2. The number of aliphatic hydroxyl groups excluding tert-OH is 1. The SMILES string of the molecule is CCC(CC)Nc1ccc(C#Cc2csc(C)n2)c[nH+]1.CC[C@@H](C)Nc1ccc(C#Cc2csc(C)n2)c[nH+]1.Cc1[nH+]c(C#Cc2c[nH+]cc(-c3ccc(CO)cc3)c2)cs1.Cc1nc(C#Cc2ccc(-c3cccc(C#N)c3)[nH+]c2)cs1.Cc1nc(C#Cc2ccc(N3CCCC3)[nH+]c2)cs1.Cc1nc(C#Cc2cncc(CCc3ccccc3)c2)cs1.O=C([O-])C(F)(F)F.O=C([O-])C(F)(F)F.[Cl-].[Cl-].[Cl-].[Cl-]. The van der Waals surface area contributed by atoms with Crippen LogP contribution in [0.1, 0.15) is 180 Å². The fraction of sp³-hybridized carbons (Fsp3) is 0.229. The average molecular weight is 2110 g/mol. The van der Waals surface area contributed by atoms with E-state index in [2.05, 4.69) is 229 Å². The summed E-state index contributed by atoms with van der Waals surface area (Å²) < 4.78 is 63.1. The lowest BCUT2D eigenvalue weighted by Gasteiger charge is -2.08. The topological polar surface area (TPSA) is 314 Å². The Morgan fingerprint density at radius 3 is 1.29 bits per heavy atom. The largest absolute Gasteiger partial charge is 1.00 e. The molecule has 12 aromatic heterocycles. The molecule has 0 spiro atoms. The molecule has 37 heteroatoms. The quantitative estimate of drug-likeness (QED) is 0.0997. The molecule has 1 saturated heterocycles. The lowest BCUT2D eigenvalue weighted by Crippen LogP contribution is -3.00. The maximum Gasteiger partial charge on any atom is 0.430 e. The number of hydrogen-bond donors (Lipinski definition) is 3. The van der Waals surface area contributed by atoms with E-state index in [0.717, 1.165) is 182 Å². The number of H-pyrrole nitrogens is 6. The summed E-state index contributed by atoms with van der Waals surface area (Å²) in [6.45, 7) is 23.0. The fourth-order valence-corrected chi connectivity index (χ4v) is 15.2. The number of anilines is 3. The number of carboxylic acids is 2. The monoisotopic (exact) mass is 2110 g/mol. The number of rotatable bonds is 14. The molecule has 0 radical (unpaired) electrons.